The van der Waals surface area contributed by atoms with Crippen LogP contribution in [-0.4, -0.2) is 30.4 Å². The van der Waals surface area contributed by atoms with E-state index in [1.807, 2.05) is 30.3 Å². The van der Waals surface area contributed by atoms with Gasteiger partial charge in [-0.15, -0.1) is 5.10 Å². The summed E-state index contributed by atoms with van der Waals surface area (Å²) in [6, 6.07) is 13.4. The SMILES string of the molecule is COC(=O)Cc1cc(Br)c(Sc2ccc(OC)c(Cc3ccc(Cl)nn3)c2)c(Br)c1.S. The van der Waals surface area contributed by atoms with Crippen LogP contribution in [0.25, 0.3) is 0 Å². The first-order chi connectivity index (χ1) is 14.4. The molecule has 0 atom stereocenters. The molecule has 0 N–H and O–H groups in total. The minimum absolute atomic E-state index is 0. The topological polar surface area (TPSA) is 61.3 Å². The van der Waals surface area contributed by atoms with E-state index in [1.54, 1.807) is 24.9 Å². The Morgan fingerprint density at radius 2 is 1.77 bits per heavy atom. The molecule has 0 fully saturated rings. The number of hydrogen-bond donors (Lipinski definition) is 0. The van der Waals surface area contributed by atoms with E-state index < -0.39 is 0 Å². The van der Waals surface area contributed by atoms with Crippen LogP contribution in [0, 0.1) is 0 Å². The normalized spacial score (nSPS) is 10.4. The first-order valence-corrected chi connectivity index (χ1v) is 11.5. The molecule has 0 aliphatic heterocycles. The molecule has 0 unspecified atom stereocenters. The average molecular weight is 607 g/mol. The third kappa shape index (κ3) is 7.12. The number of carbonyl (C=O) groups excluding carboxylic acids is 1. The molecular formula is C21H19Br2ClN2O3S2. The number of benzene rings is 2. The molecule has 1 aromatic heterocycles. The smallest absolute Gasteiger partial charge is 0.309 e. The Kier molecular flexibility index (Phi) is 10.2. The number of aromatic nitrogens is 2. The molecule has 0 aliphatic rings. The number of carbonyl (C=O) groups is 1. The van der Waals surface area contributed by atoms with Gasteiger partial charge in [-0.3, -0.25) is 4.79 Å². The molecule has 3 aromatic rings. The van der Waals surface area contributed by atoms with Gasteiger partial charge in [-0.1, -0.05) is 23.4 Å². The van der Waals surface area contributed by atoms with E-state index in [4.69, 9.17) is 21.1 Å². The van der Waals surface area contributed by atoms with Crippen LogP contribution in [0.15, 0.2) is 61.2 Å². The van der Waals surface area contributed by atoms with Crippen molar-refractivity contribution in [3.05, 3.63) is 73.4 Å². The van der Waals surface area contributed by atoms with Gasteiger partial charge in [-0.05, 0) is 79.9 Å². The summed E-state index contributed by atoms with van der Waals surface area (Å²) in [5.74, 6) is 0.502. The molecule has 0 bridgehead atoms. The molecule has 5 nitrogen and oxygen atoms in total. The van der Waals surface area contributed by atoms with Gasteiger partial charge in [0.1, 0.15) is 5.75 Å². The maximum atomic E-state index is 11.6. The Morgan fingerprint density at radius 1 is 1.06 bits per heavy atom. The Hall–Kier alpha value is -1.26. The second kappa shape index (κ2) is 12.1. The lowest BCUT2D eigenvalue weighted by Crippen LogP contribution is -2.04. The summed E-state index contributed by atoms with van der Waals surface area (Å²) in [6.45, 7) is 0. The van der Waals surface area contributed by atoms with E-state index >= 15 is 0 Å². The van der Waals surface area contributed by atoms with E-state index in [-0.39, 0.29) is 25.9 Å². The van der Waals surface area contributed by atoms with Crippen molar-refractivity contribution >= 4 is 74.7 Å². The van der Waals surface area contributed by atoms with Gasteiger partial charge in [-0.2, -0.15) is 18.6 Å². The van der Waals surface area contributed by atoms with E-state index in [0.717, 1.165) is 41.3 Å². The van der Waals surface area contributed by atoms with Crippen molar-refractivity contribution in [2.75, 3.05) is 14.2 Å². The zero-order valence-corrected chi connectivity index (χ0v) is 22.4. The summed E-state index contributed by atoms with van der Waals surface area (Å²) < 4.78 is 12.0. The van der Waals surface area contributed by atoms with Crippen LogP contribution >= 0.6 is 68.7 Å². The molecule has 0 radical (unpaired) electrons. The van der Waals surface area contributed by atoms with E-state index in [0.29, 0.717) is 11.6 Å². The molecule has 0 saturated heterocycles. The van der Waals surface area contributed by atoms with Gasteiger partial charge >= 0.3 is 5.97 Å². The number of esters is 1. The van der Waals surface area contributed by atoms with Crippen LogP contribution < -0.4 is 4.74 Å². The fourth-order valence-corrected chi connectivity index (χ4v) is 5.51. The maximum absolute atomic E-state index is 11.6. The number of nitrogens with zero attached hydrogens (tertiary/aromatic N) is 2. The molecule has 3 rings (SSSR count). The molecule has 0 saturated carbocycles. The van der Waals surface area contributed by atoms with Gasteiger partial charge in [0.15, 0.2) is 5.15 Å². The Balaban J connectivity index is 0.00000341. The van der Waals surface area contributed by atoms with Crippen LogP contribution in [0.3, 0.4) is 0 Å². The Bertz CT molecular complexity index is 1050. The molecule has 31 heavy (non-hydrogen) atoms. The van der Waals surface area contributed by atoms with Crippen molar-refractivity contribution in [3.63, 3.8) is 0 Å². The van der Waals surface area contributed by atoms with E-state index in [1.165, 1.54) is 7.11 Å². The zero-order valence-electron chi connectivity index (χ0n) is 16.6. The quantitative estimate of drug-likeness (QED) is 0.297. The number of halogens is 3. The summed E-state index contributed by atoms with van der Waals surface area (Å²) in [7, 11) is 3.03. The number of ether oxygens (including phenoxy) is 2. The van der Waals surface area contributed by atoms with Gasteiger partial charge in [0.25, 0.3) is 0 Å². The van der Waals surface area contributed by atoms with Gasteiger partial charge in [0, 0.05) is 30.7 Å². The monoisotopic (exact) mass is 604 g/mol. The zero-order chi connectivity index (χ0) is 21.7. The van der Waals surface area contributed by atoms with Crippen molar-refractivity contribution in [1.82, 2.24) is 10.2 Å². The van der Waals surface area contributed by atoms with Crippen molar-refractivity contribution < 1.29 is 14.3 Å². The fourth-order valence-electron chi connectivity index (χ4n) is 2.76. The molecule has 164 valence electrons. The summed E-state index contributed by atoms with van der Waals surface area (Å²) >= 11 is 14.7. The second-order valence-corrected chi connectivity index (χ2v) is 9.42. The highest BCUT2D eigenvalue weighted by molar-refractivity contribution is 9.11. The van der Waals surface area contributed by atoms with Crippen LogP contribution in [0.2, 0.25) is 5.15 Å². The van der Waals surface area contributed by atoms with Crippen LogP contribution in [-0.2, 0) is 22.4 Å². The molecule has 0 aliphatic carbocycles. The Morgan fingerprint density at radius 3 is 2.35 bits per heavy atom. The summed E-state index contributed by atoms with van der Waals surface area (Å²) in [5, 5.41) is 8.40. The average Bonchev–Trinajstić information content (AvgIpc) is 2.72. The van der Waals surface area contributed by atoms with Gasteiger partial charge in [-0.25, -0.2) is 0 Å². The highest BCUT2D eigenvalue weighted by atomic mass is 79.9. The summed E-state index contributed by atoms with van der Waals surface area (Å²) in [6.07, 6.45) is 0.787. The largest absolute Gasteiger partial charge is 0.496 e. The number of rotatable bonds is 7. The number of hydrogen-bond acceptors (Lipinski definition) is 6. The first-order valence-electron chi connectivity index (χ1n) is 8.77. The van der Waals surface area contributed by atoms with Gasteiger partial charge in [0.2, 0.25) is 0 Å². The molecule has 2 aromatic carbocycles. The van der Waals surface area contributed by atoms with Crippen LogP contribution in [0.5, 0.6) is 5.75 Å². The summed E-state index contributed by atoms with van der Waals surface area (Å²) in [4.78, 5) is 13.6. The lowest BCUT2D eigenvalue weighted by atomic mass is 10.1. The molecule has 0 amide bonds. The molecular weight excluding hydrogens is 588 g/mol. The Labute approximate surface area is 214 Å². The number of methoxy groups -OCH3 is 2. The minimum atomic E-state index is -0.278. The molecule has 1 heterocycles. The predicted octanol–water partition coefficient (Wildman–Crippen LogP) is 6.23. The molecule has 0 spiro atoms. The van der Waals surface area contributed by atoms with Crippen molar-refractivity contribution in [3.8, 4) is 5.75 Å². The highest BCUT2D eigenvalue weighted by Gasteiger charge is 2.14. The van der Waals surface area contributed by atoms with Crippen molar-refractivity contribution in [1.29, 1.82) is 0 Å². The van der Waals surface area contributed by atoms with Crippen LogP contribution in [0.4, 0.5) is 0 Å². The summed E-state index contributed by atoms with van der Waals surface area (Å²) in [5.41, 5.74) is 2.66. The van der Waals surface area contributed by atoms with Crippen molar-refractivity contribution in [2.24, 2.45) is 0 Å². The van der Waals surface area contributed by atoms with E-state index in [9.17, 15) is 4.79 Å². The minimum Gasteiger partial charge on any atom is -0.496 e. The lowest BCUT2D eigenvalue weighted by Gasteiger charge is -2.13. The first kappa shape index (κ1) is 26.0. The molecule has 10 heteroatoms. The highest BCUT2D eigenvalue weighted by Crippen LogP contribution is 2.41. The van der Waals surface area contributed by atoms with Crippen molar-refractivity contribution in [2.45, 2.75) is 22.6 Å². The maximum Gasteiger partial charge on any atom is 0.309 e. The third-order valence-electron chi connectivity index (χ3n) is 4.16. The predicted molar refractivity (Wildman–Crippen MR) is 135 cm³/mol. The van der Waals surface area contributed by atoms with Gasteiger partial charge in [0.05, 0.1) is 26.3 Å². The second-order valence-electron chi connectivity index (χ2n) is 6.24. The standard InChI is InChI=1S/C21H17Br2ClN2O3S.H2S/c1-28-18-5-4-15(11-13(18)10-14-3-6-19(24)26-25-14)30-21-16(22)7-12(8-17(21)23)9-20(27)29-2;/h3-8,11H,9-10H2,1-2H3;1H2. The third-order valence-corrected chi connectivity index (χ3v) is 7.28. The van der Waals surface area contributed by atoms with Crippen LogP contribution in [0.1, 0.15) is 16.8 Å². The van der Waals surface area contributed by atoms with E-state index in [2.05, 4.69) is 48.1 Å². The van der Waals surface area contributed by atoms with Gasteiger partial charge < -0.3 is 9.47 Å². The fraction of sp³-hybridized carbons (Fsp3) is 0.190. The lowest BCUT2D eigenvalue weighted by molar-refractivity contribution is -0.139.